The topological polar surface area (TPSA) is 78.9 Å². The average Bonchev–Trinajstić information content (AvgIpc) is 2.35. The Kier molecular flexibility index (Phi) is 4.68. The molecule has 0 bridgehead atoms. The van der Waals surface area contributed by atoms with Gasteiger partial charge in [0.15, 0.2) is 0 Å². The monoisotopic (exact) mass is 231 g/mol. The predicted octanol–water partition coefficient (Wildman–Crippen LogP) is 1.35. The summed E-state index contributed by atoms with van der Waals surface area (Å²) in [6.45, 7) is 3.74. The van der Waals surface area contributed by atoms with Gasteiger partial charge in [0.1, 0.15) is 6.04 Å². The molecule has 0 aliphatic carbocycles. The van der Waals surface area contributed by atoms with Gasteiger partial charge in [0.05, 0.1) is 12.1 Å². The van der Waals surface area contributed by atoms with Gasteiger partial charge in [-0.15, -0.1) is 0 Å². The van der Waals surface area contributed by atoms with Gasteiger partial charge >= 0.3 is 0 Å². The molecule has 4 nitrogen and oxygen atoms in total. The number of nitrogens with zero attached hydrogens (tertiary/aromatic N) is 1. The van der Waals surface area contributed by atoms with E-state index in [0.717, 1.165) is 5.56 Å². The molecule has 1 aromatic carbocycles. The molecule has 2 atom stereocenters. The van der Waals surface area contributed by atoms with Gasteiger partial charge in [-0.2, -0.15) is 5.26 Å². The Hall–Kier alpha value is -1.86. The van der Waals surface area contributed by atoms with Gasteiger partial charge in [-0.3, -0.25) is 4.79 Å². The zero-order valence-electron chi connectivity index (χ0n) is 10.1. The summed E-state index contributed by atoms with van der Waals surface area (Å²) in [6, 6.07) is 9.94. The highest BCUT2D eigenvalue weighted by Crippen LogP contribution is 2.11. The van der Waals surface area contributed by atoms with E-state index in [9.17, 15) is 4.79 Å². The van der Waals surface area contributed by atoms with Crippen LogP contribution in [0, 0.1) is 17.2 Å². The van der Waals surface area contributed by atoms with Crippen LogP contribution in [0.2, 0.25) is 0 Å². The number of carbonyl (C=O) groups is 1. The normalized spacial score (nSPS) is 13.8. The standard InChI is InChI=1S/C13H17N3O/c1-9(2)12(15)13(17)16-11(8-14)10-6-4-3-5-7-10/h3-7,9,11-12H,15H2,1-2H3,(H,16,17)/t11?,12-/m1/s1. The van der Waals surface area contributed by atoms with Gasteiger partial charge in [-0.05, 0) is 11.5 Å². The Bertz CT molecular complexity index is 408. The van der Waals surface area contributed by atoms with Crippen molar-refractivity contribution in [2.24, 2.45) is 11.7 Å². The van der Waals surface area contributed by atoms with Crippen molar-refractivity contribution in [3.8, 4) is 6.07 Å². The highest BCUT2D eigenvalue weighted by Gasteiger charge is 2.21. The van der Waals surface area contributed by atoms with Gasteiger partial charge in [-0.25, -0.2) is 0 Å². The lowest BCUT2D eigenvalue weighted by Crippen LogP contribution is -2.45. The molecule has 1 unspecified atom stereocenters. The molecule has 3 N–H and O–H groups in total. The lowest BCUT2D eigenvalue weighted by atomic mass is 10.0. The third kappa shape index (κ3) is 3.58. The summed E-state index contributed by atoms with van der Waals surface area (Å²) < 4.78 is 0. The summed E-state index contributed by atoms with van der Waals surface area (Å²) >= 11 is 0. The molecule has 90 valence electrons. The molecule has 0 fully saturated rings. The van der Waals surface area contributed by atoms with Crippen molar-refractivity contribution in [3.63, 3.8) is 0 Å². The molecule has 1 amide bonds. The number of nitrogens with two attached hydrogens (primary N) is 1. The number of carbonyl (C=O) groups excluding carboxylic acids is 1. The molecule has 0 heterocycles. The van der Waals surface area contributed by atoms with E-state index in [1.807, 2.05) is 32.0 Å². The molecular weight excluding hydrogens is 214 g/mol. The summed E-state index contributed by atoms with van der Waals surface area (Å²) in [6.07, 6.45) is 0. The SMILES string of the molecule is CC(C)[C@@H](N)C(=O)NC(C#N)c1ccccc1. The molecule has 1 aromatic rings. The van der Waals surface area contributed by atoms with E-state index < -0.39 is 12.1 Å². The van der Waals surface area contributed by atoms with Crippen LogP contribution in [0.1, 0.15) is 25.5 Å². The zero-order valence-corrected chi connectivity index (χ0v) is 10.1. The van der Waals surface area contributed by atoms with Crippen LogP contribution in [-0.4, -0.2) is 11.9 Å². The van der Waals surface area contributed by atoms with E-state index in [1.54, 1.807) is 12.1 Å². The molecule has 17 heavy (non-hydrogen) atoms. The number of rotatable bonds is 4. The number of nitrogens with one attached hydrogen (secondary N) is 1. The molecule has 0 spiro atoms. The highest BCUT2D eigenvalue weighted by molar-refractivity contribution is 5.82. The van der Waals surface area contributed by atoms with Crippen LogP contribution in [0.15, 0.2) is 30.3 Å². The Labute approximate surface area is 101 Å². The van der Waals surface area contributed by atoms with Crippen molar-refractivity contribution in [1.82, 2.24) is 5.32 Å². The van der Waals surface area contributed by atoms with Crippen LogP contribution >= 0.6 is 0 Å². The molecule has 0 saturated carbocycles. The van der Waals surface area contributed by atoms with Crippen molar-refractivity contribution in [2.45, 2.75) is 25.9 Å². The first-order valence-corrected chi connectivity index (χ1v) is 5.56. The fourth-order valence-electron chi connectivity index (χ4n) is 1.38. The third-order valence-corrected chi connectivity index (χ3v) is 2.57. The number of hydrogen-bond acceptors (Lipinski definition) is 3. The van der Waals surface area contributed by atoms with Crippen LogP contribution < -0.4 is 11.1 Å². The lowest BCUT2D eigenvalue weighted by Gasteiger charge is -2.18. The van der Waals surface area contributed by atoms with Gasteiger partial charge in [0.25, 0.3) is 0 Å². The second-order valence-electron chi connectivity index (χ2n) is 4.25. The van der Waals surface area contributed by atoms with Crippen molar-refractivity contribution in [3.05, 3.63) is 35.9 Å². The Balaban J connectivity index is 2.73. The van der Waals surface area contributed by atoms with Crippen LogP contribution in [0.25, 0.3) is 0 Å². The number of hydrogen-bond donors (Lipinski definition) is 2. The summed E-state index contributed by atoms with van der Waals surface area (Å²) in [5.74, 6) is -0.250. The third-order valence-electron chi connectivity index (χ3n) is 2.57. The Morgan fingerprint density at radius 3 is 2.41 bits per heavy atom. The van der Waals surface area contributed by atoms with Crippen LogP contribution in [0.3, 0.4) is 0 Å². The Morgan fingerprint density at radius 1 is 1.35 bits per heavy atom. The first-order valence-electron chi connectivity index (χ1n) is 5.56. The number of nitriles is 1. The number of benzene rings is 1. The summed E-state index contributed by atoms with van der Waals surface area (Å²) in [5, 5.41) is 11.7. The average molecular weight is 231 g/mol. The van der Waals surface area contributed by atoms with E-state index in [2.05, 4.69) is 11.4 Å². The zero-order chi connectivity index (χ0) is 12.8. The van der Waals surface area contributed by atoms with E-state index >= 15 is 0 Å². The van der Waals surface area contributed by atoms with Gasteiger partial charge in [0, 0.05) is 0 Å². The molecule has 0 saturated heterocycles. The molecule has 0 aromatic heterocycles. The summed E-state index contributed by atoms with van der Waals surface area (Å²) in [4.78, 5) is 11.7. The second-order valence-corrected chi connectivity index (χ2v) is 4.25. The van der Waals surface area contributed by atoms with Crippen LogP contribution in [0.5, 0.6) is 0 Å². The minimum Gasteiger partial charge on any atom is -0.335 e. The van der Waals surface area contributed by atoms with Gasteiger partial charge < -0.3 is 11.1 Å². The maximum Gasteiger partial charge on any atom is 0.238 e. The highest BCUT2D eigenvalue weighted by atomic mass is 16.2. The molecule has 0 aliphatic rings. The van der Waals surface area contributed by atoms with Crippen molar-refractivity contribution >= 4 is 5.91 Å². The summed E-state index contributed by atoms with van der Waals surface area (Å²) in [7, 11) is 0. The molecule has 0 radical (unpaired) electrons. The lowest BCUT2D eigenvalue weighted by molar-refractivity contribution is -0.123. The van der Waals surface area contributed by atoms with Gasteiger partial charge in [-0.1, -0.05) is 44.2 Å². The molecule has 1 rings (SSSR count). The fourth-order valence-corrected chi connectivity index (χ4v) is 1.38. The maximum atomic E-state index is 11.7. The first kappa shape index (κ1) is 13.2. The van der Waals surface area contributed by atoms with Crippen molar-refractivity contribution < 1.29 is 4.79 Å². The quantitative estimate of drug-likeness (QED) is 0.821. The molecular formula is C13H17N3O. The summed E-state index contributed by atoms with van der Waals surface area (Å²) in [5.41, 5.74) is 6.48. The minimum atomic E-state index is -0.645. The van der Waals surface area contributed by atoms with Crippen molar-refractivity contribution in [1.29, 1.82) is 5.26 Å². The van der Waals surface area contributed by atoms with Crippen LogP contribution in [0.4, 0.5) is 0 Å². The number of amides is 1. The van der Waals surface area contributed by atoms with Crippen molar-refractivity contribution in [2.75, 3.05) is 0 Å². The second kappa shape index (κ2) is 6.02. The Morgan fingerprint density at radius 2 is 1.94 bits per heavy atom. The maximum absolute atomic E-state index is 11.7. The molecule has 4 heteroatoms. The van der Waals surface area contributed by atoms with Gasteiger partial charge in [0.2, 0.25) is 5.91 Å². The molecule has 0 aliphatic heterocycles. The van der Waals surface area contributed by atoms with E-state index in [4.69, 9.17) is 11.0 Å². The largest absolute Gasteiger partial charge is 0.335 e. The van der Waals surface area contributed by atoms with E-state index in [-0.39, 0.29) is 11.8 Å². The van der Waals surface area contributed by atoms with E-state index in [0.29, 0.717) is 0 Å². The smallest absolute Gasteiger partial charge is 0.238 e. The minimum absolute atomic E-state index is 0.0464. The van der Waals surface area contributed by atoms with Crippen LogP contribution in [-0.2, 0) is 4.79 Å². The van der Waals surface area contributed by atoms with E-state index in [1.165, 1.54) is 0 Å². The predicted molar refractivity (Wildman–Crippen MR) is 65.8 cm³/mol. The fraction of sp³-hybridized carbons (Fsp3) is 0.385. The first-order chi connectivity index (χ1) is 8.06.